The first-order valence-corrected chi connectivity index (χ1v) is 8.79. The van der Waals surface area contributed by atoms with Gasteiger partial charge in [0.2, 0.25) is 17.6 Å². The maximum atomic E-state index is 12.5. The smallest absolute Gasteiger partial charge is 0.232 e. The lowest BCUT2D eigenvalue weighted by molar-refractivity contribution is -0.117. The Morgan fingerprint density at radius 2 is 1.81 bits per heavy atom. The second-order valence-electron chi connectivity index (χ2n) is 7.00. The molecule has 0 aliphatic carbocycles. The van der Waals surface area contributed by atoms with Crippen molar-refractivity contribution in [2.24, 2.45) is 0 Å². The number of hydrogen-bond acceptors (Lipinski definition) is 4. The van der Waals surface area contributed by atoms with Crippen LogP contribution in [0.3, 0.4) is 0 Å². The van der Waals surface area contributed by atoms with Crippen LogP contribution >= 0.6 is 0 Å². The molecule has 1 aliphatic rings. The standard InChI is InChI=1S/C21H21N3O2/c1-13-4-7-16(8-5-13)20-22-21(26-23-20)17-11-19(25)24(12-17)18-9-6-14(2)15(3)10-18/h4-10,17H,11-12H2,1-3H3/t17-/m1/s1. The van der Waals surface area contributed by atoms with Crippen molar-refractivity contribution in [2.45, 2.75) is 33.1 Å². The fourth-order valence-electron chi connectivity index (χ4n) is 3.24. The topological polar surface area (TPSA) is 59.2 Å². The molecule has 1 atom stereocenters. The molecule has 1 aliphatic heterocycles. The predicted molar refractivity (Wildman–Crippen MR) is 100 cm³/mol. The number of aryl methyl sites for hydroxylation is 3. The van der Waals surface area contributed by atoms with Gasteiger partial charge in [-0.25, -0.2) is 0 Å². The highest BCUT2D eigenvalue weighted by atomic mass is 16.5. The Labute approximate surface area is 152 Å². The lowest BCUT2D eigenvalue weighted by Crippen LogP contribution is -2.24. The number of rotatable bonds is 3. The summed E-state index contributed by atoms with van der Waals surface area (Å²) >= 11 is 0. The second-order valence-corrected chi connectivity index (χ2v) is 7.00. The van der Waals surface area contributed by atoms with E-state index in [1.54, 1.807) is 0 Å². The van der Waals surface area contributed by atoms with Crippen molar-refractivity contribution in [2.75, 3.05) is 11.4 Å². The second kappa shape index (κ2) is 6.41. The zero-order valence-electron chi connectivity index (χ0n) is 15.2. The summed E-state index contributed by atoms with van der Waals surface area (Å²) < 4.78 is 5.47. The number of carbonyl (C=O) groups is 1. The molecule has 1 amide bonds. The van der Waals surface area contributed by atoms with Crippen molar-refractivity contribution < 1.29 is 9.32 Å². The van der Waals surface area contributed by atoms with Gasteiger partial charge in [-0.2, -0.15) is 4.98 Å². The van der Waals surface area contributed by atoms with Crippen LogP contribution in [-0.4, -0.2) is 22.6 Å². The van der Waals surface area contributed by atoms with Gasteiger partial charge in [0, 0.05) is 24.2 Å². The molecule has 26 heavy (non-hydrogen) atoms. The summed E-state index contributed by atoms with van der Waals surface area (Å²) in [7, 11) is 0. The van der Waals surface area contributed by atoms with Crippen molar-refractivity contribution >= 4 is 11.6 Å². The largest absolute Gasteiger partial charge is 0.339 e. The lowest BCUT2D eigenvalue weighted by Gasteiger charge is -2.17. The molecule has 0 unspecified atom stereocenters. The van der Waals surface area contributed by atoms with Gasteiger partial charge < -0.3 is 9.42 Å². The first-order valence-electron chi connectivity index (χ1n) is 8.79. The third kappa shape index (κ3) is 3.01. The van der Waals surface area contributed by atoms with E-state index < -0.39 is 0 Å². The average Bonchev–Trinajstić information content (AvgIpc) is 3.25. The Balaban J connectivity index is 1.55. The zero-order chi connectivity index (χ0) is 18.3. The lowest BCUT2D eigenvalue weighted by atomic mass is 10.1. The van der Waals surface area contributed by atoms with Crippen LogP contribution in [0.2, 0.25) is 0 Å². The van der Waals surface area contributed by atoms with Crippen molar-refractivity contribution in [3.63, 3.8) is 0 Å². The van der Waals surface area contributed by atoms with Crippen LogP contribution < -0.4 is 4.90 Å². The molecule has 1 fully saturated rings. The Bertz CT molecular complexity index is 960. The van der Waals surface area contributed by atoms with Crippen LogP contribution in [0.25, 0.3) is 11.4 Å². The summed E-state index contributed by atoms with van der Waals surface area (Å²) in [5, 5.41) is 4.09. The highest BCUT2D eigenvalue weighted by Gasteiger charge is 2.35. The van der Waals surface area contributed by atoms with Crippen LogP contribution in [0.5, 0.6) is 0 Å². The zero-order valence-corrected chi connectivity index (χ0v) is 15.2. The molecule has 5 nitrogen and oxygen atoms in total. The minimum Gasteiger partial charge on any atom is -0.339 e. The Hall–Kier alpha value is -2.95. The monoisotopic (exact) mass is 347 g/mol. The van der Waals surface area contributed by atoms with Gasteiger partial charge in [-0.05, 0) is 44.0 Å². The fraction of sp³-hybridized carbons (Fsp3) is 0.286. The molecular weight excluding hydrogens is 326 g/mol. The molecule has 0 bridgehead atoms. The normalized spacial score (nSPS) is 17.1. The molecule has 132 valence electrons. The third-order valence-corrected chi connectivity index (χ3v) is 5.03. The SMILES string of the molecule is Cc1ccc(-c2noc([C@@H]3CC(=O)N(c4ccc(C)c(C)c4)C3)n2)cc1. The molecule has 1 aromatic heterocycles. The third-order valence-electron chi connectivity index (χ3n) is 5.03. The van der Waals surface area contributed by atoms with E-state index in [-0.39, 0.29) is 11.8 Å². The molecule has 2 heterocycles. The average molecular weight is 347 g/mol. The minimum absolute atomic E-state index is 0.0733. The van der Waals surface area contributed by atoms with E-state index in [9.17, 15) is 4.79 Å². The molecule has 0 radical (unpaired) electrons. The number of nitrogens with zero attached hydrogens (tertiary/aromatic N) is 3. The van der Waals surface area contributed by atoms with Gasteiger partial charge in [-0.3, -0.25) is 4.79 Å². The van der Waals surface area contributed by atoms with Gasteiger partial charge in [-0.15, -0.1) is 0 Å². The number of carbonyl (C=O) groups excluding carboxylic acids is 1. The van der Waals surface area contributed by atoms with Gasteiger partial charge >= 0.3 is 0 Å². The van der Waals surface area contributed by atoms with Crippen LogP contribution in [0.4, 0.5) is 5.69 Å². The maximum absolute atomic E-state index is 12.5. The number of amides is 1. The number of aromatic nitrogens is 2. The van der Waals surface area contributed by atoms with Gasteiger partial charge in [0.15, 0.2) is 0 Å². The van der Waals surface area contributed by atoms with Gasteiger partial charge in [0.25, 0.3) is 0 Å². The van der Waals surface area contributed by atoms with Crippen molar-refractivity contribution in [1.82, 2.24) is 10.1 Å². The van der Waals surface area contributed by atoms with E-state index in [1.165, 1.54) is 16.7 Å². The molecule has 0 N–H and O–H groups in total. The Kier molecular flexibility index (Phi) is 4.07. The summed E-state index contributed by atoms with van der Waals surface area (Å²) in [4.78, 5) is 18.8. The minimum atomic E-state index is -0.0733. The number of hydrogen-bond donors (Lipinski definition) is 0. The van der Waals surface area contributed by atoms with Crippen LogP contribution in [0, 0.1) is 20.8 Å². The quantitative estimate of drug-likeness (QED) is 0.713. The van der Waals surface area contributed by atoms with E-state index in [4.69, 9.17) is 4.52 Å². The van der Waals surface area contributed by atoms with Gasteiger partial charge in [0.1, 0.15) is 0 Å². The molecule has 0 saturated carbocycles. The van der Waals surface area contributed by atoms with Crippen LogP contribution in [-0.2, 0) is 4.79 Å². The summed E-state index contributed by atoms with van der Waals surface area (Å²) in [6.07, 6.45) is 0.391. The summed E-state index contributed by atoms with van der Waals surface area (Å²) in [6, 6.07) is 14.1. The summed E-state index contributed by atoms with van der Waals surface area (Å²) in [5.74, 6) is 1.11. The Morgan fingerprint density at radius 3 is 2.54 bits per heavy atom. The summed E-state index contributed by atoms with van der Waals surface area (Å²) in [5.41, 5.74) is 5.43. The van der Waals surface area contributed by atoms with E-state index in [0.717, 1.165) is 11.3 Å². The number of anilines is 1. The molecule has 3 aromatic rings. The van der Waals surface area contributed by atoms with Gasteiger partial charge in [-0.1, -0.05) is 41.1 Å². The maximum Gasteiger partial charge on any atom is 0.232 e. The van der Waals surface area contributed by atoms with E-state index in [2.05, 4.69) is 30.1 Å². The van der Waals surface area contributed by atoms with E-state index >= 15 is 0 Å². The van der Waals surface area contributed by atoms with Crippen molar-refractivity contribution in [3.05, 3.63) is 65.0 Å². The Morgan fingerprint density at radius 1 is 1.04 bits per heavy atom. The predicted octanol–water partition coefficient (Wildman–Crippen LogP) is 4.18. The highest BCUT2D eigenvalue weighted by Crippen LogP contribution is 2.32. The van der Waals surface area contributed by atoms with Gasteiger partial charge in [0.05, 0.1) is 5.92 Å². The van der Waals surface area contributed by atoms with Crippen LogP contribution in [0.1, 0.15) is 34.9 Å². The fourth-order valence-corrected chi connectivity index (χ4v) is 3.24. The number of benzene rings is 2. The summed E-state index contributed by atoms with van der Waals surface area (Å²) in [6.45, 7) is 6.73. The van der Waals surface area contributed by atoms with E-state index in [0.29, 0.717) is 24.7 Å². The molecule has 5 heteroatoms. The van der Waals surface area contributed by atoms with E-state index in [1.807, 2.05) is 48.2 Å². The van der Waals surface area contributed by atoms with Crippen molar-refractivity contribution in [3.8, 4) is 11.4 Å². The molecular formula is C21H21N3O2. The first-order chi connectivity index (χ1) is 12.5. The highest BCUT2D eigenvalue weighted by molar-refractivity contribution is 5.96. The van der Waals surface area contributed by atoms with Crippen LogP contribution in [0.15, 0.2) is 47.0 Å². The molecule has 0 spiro atoms. The van der Waals surface area contributed by atoms with Crippen molar-refractivity contribution in [1.29, 1.82) is 0 Å². The molecule has 4 rings (SSSR count). The molecule has 2 aromatic carbocycles. The molecule has 1 saturated heterocycles. The first kappa shape index (κ1) is 16.5.